The van der Waals surface area contributed by atoms with Gasteiger partial charge in [0.15, 0.2) is 23.3 Å². The van der Waals surface area contributed by atoms with E-state index in [1.54, 1.807) is 31.4 Å². The van der Waals surface area contributed by atoms with Crippen LogP contribution in [0.2, 0.25) is 0 Å². The quantitative estimate of drug-likeness (QED) is 0.650. The number of ketones is 1. The molecule has 0 spiro atoms. The lowest BCUT2D eigenvalue weighted by molar-refractivity contribution is -0.907. The summed E-state index contributed by atoms with van der Waals surface area (Å²) in [4.78, 5) is 25.0. The zero-order valence-electron chi connectivity index (χ0n) is 17.2. The number of amides is 1. The standard InChI is InChI=1S/C22H28N2O4/c1-6-28-20-12-7-17(13-21(20)27-5)14-24(4)15(2)22(26)23-19-10-8-18(9-11-19)16(3)25/h7-13,15H,6,14H2,1-5H3,(H,23,26)/p+1/t15-/m0/s1. The number of anilines is 1. The van der Waals surface area contributed by atoms with Crippen LogP contribution >= 0.6 is 0 Å². The minimum atomic E-state index is -0.259. The molecule has 1 unspecified atom stereocenters. The Morgan fingerprint density at radius 1 is 1.11 bits per heavy atom. The average Bonchev–Trinajstić information content (AvgIpc) is 2.68. The third-order valence-corrected chi connectivity index (χ3v) is 4.70. The van der Waals surface area contributed by atoms with Crippen LogP contribution in [0.4, 0.5) is 5.69 Å². The summed E-state index contributed by atoms with van der Waals surface area (Å²) in [6, 6.07) is 12.5. The molecule has 2 atom stereocenters. The molecule has 0 aliphatic carbocycles. The monoisotopic (exact) mass is 385 g/mol. The molecule has 0 saturated heterocycles. The number of hydrogen-bond acceptors (Lipinski definition) is 4. The topological polar surface area (TPSA) is 69.1 Å². The van der Waals surface area contributed by atoms with Gasteiger partial charge in [-0.1, -0.05) is 0 Å². The second-order valence-electron chi connectivity index (χ2n) is 6.79. The van der Waals surface area contributed by atoms with Gasteiger partial charge >= 0.3 is 0 Å². The van der Waals surface area contributed by atoms with Crippen LogP contribution in [-0.2, 0) is 11.3 Å². The number of benzene rings is 2. The maximum absolute atomic E-state index is 12.6. The van der Waals surface area contributed by atoms with Gasteiger partial charge in [-0.2, -0.15) is 0 Å². The number of nitrogens with one attached hydrogen (secondary N) is 2. The van der Waals surface area contributed by atoms with Crippen molar-refractivity contribution in [3.63, 3.8) is 0 Å². The lowest BCUT2D eigenvalue weighted by atomic mass is 10.1. The number of likely N-dealkylation sites (N-methyl/N-ethyl adjacent to an activating group) is 1. The fraction of sp³-hybridized carbons (Fsp3) is 0.364. The van der Waals surface area contributed by atoms with Gasteiger partial charge < -0.3 is 19.7 Å². The fourth-order valence-corrected chi connectivity index (χ4v) is 2.83. The normalized spacial score (nSPS) is 12.8. The summed E-state index contributed by atoms with van der Waals surface area (Å²) in [5, 5.41) is 2.91. The number of Topliss-reactive ketones (excluding diaryl/α,β-unsaturated/α-hetero) is 1. The van der Waals surface area contributed by atoms with Gasteiger partial charge in [-0.3, -0.25) is 9.59 Å². The van der Waals surface area contributed by atoms with Crippen molar-refractivity contribution in [1.82, 2.24) is 0 Å². The molecule has 2 N–H and O–H groups in total. The molecule has 0 aliphatic rings. The Hall–Kier alpha value is -2.86. The molecule has 2 rings (SSSR count). The molecule has 0 fully saturated rings. The number of ether oxygens (including phenoxy) is 2. The van der Waals surface area contributed by atoms with E-state index < -0.39 is 0 Å². The lowest BCUT2D eigenvalue weighted by Gasteiger charge is -2.21. The Labute approximate surface area is 166 Å². The van der Waals surface area contributed by atoms with Gasteiger partial charge in [0.25, 0.3) is 5.91 Å². The molecule has 0 radical (unpaired) electrons. The number of carbonyl (C=O) groups excluding carboxylic acids is 2. The smallest absolute Gasteiger partial charge is 0.282 e. The zero-order chi connectivity index (χ0) is 20.7. The van der Waals surface area contributed by atoms with Crippen molar-refractivity contribution in [1.29, 1.82) is 0 Å². The molecule has 6 heteroatoms. The summed E-state index contributed by atoms with van der Waals surface area (Å²) in [6.07, 6.45) is 0. The molecule has 1 amide bonds. The van der Waals surface area contributed by atoms with E-state index in [9.17, 15) is 9.59 Å². The van der Waals surface area contributed by atoms with Crippen LogP contribution in [0.3, 0.4) is 0 Å². The van der Waals surface area contributed by atoms with Crippen molar-refractivity contribution in [2.24, 2.45) is 0 Å². The van der Waals surface area contributed by atoms with Gasteiger partial charge in [-0.05, 0) is 63.2 Å². The van der Waals surface area contributed by atoms with Crippen molar-refractivity contribution in [2.45, 2.75) is 33.4 Å². The van der Waals surface area contributed by atoms with E-state index in [0.717, 1.165) is 10.5 Å². The van der Waals surface area contributed by atoms with E-state index in [1.807, 2.05) is 39.1 Å². The molecular weight excluding hydrogens is 356 g/mol. The Morgan fingerprint density at radius 3 is 2.36 bits per heavy atom. The van der Waals surface area contributed by atoms with Crippen molar-refractivity contribution < 1.29 is 24.0 Å². The summed E-state index contributed by atoms with van der Waals surface area (Å²) >= 11 is 0. The van der Waals surface area contributed by atoms with Gasteiger partial charge in [0.05, 0.1) is 20.8 Å². The highest BCUT2D eigenvalue weighted by molar-refractivity contribution is 5.96. The van der Waals surface area contributed by atoms with Crippen LogP contribution in [-0.4, -0.2) is 38.5 Å². The Morgan fingerprint density at radius 2 is 1.79 bits per heavy atom. The van der Waals surface area contributed by atoms with Crippen molar-refractivity contribution >= 4 is 17.4 Å². The van der Waals surface area contributed by atoms with Crippen LogP contribution in [0.5, 0.6) is 11.5 Å². The number of hydrogen-bond donors (Lipinski definition) is 2. The van der Waals surface area contributed by atoms with Crippen molar-refractivity contribution in [3.8, 4) is 11.5 Å². The first-order valence-electron chi connectivity index (χ1n) is 9.39. The van der Waals surface area contributed by atoms with Crippen molar-refractivity contribution in [3.05, 3.63) is 53.6 Å². The van der Waals surface area contributed by atoms with Crippen LogP contribution in [0.25, 0.3) is 0 Å². The maximum Gasteiger partial charge on any atom is 0.282 e. The van der Waals surface area contributed by atoms with Gasteiger partial charge in [0.2, 0.25) is 0 Å². The second kappa shape index (κ2) is 9.90. The van der Waals surface area contributed by atoms with E-state index in [-0.39, 0.29) is 17.7 Å². The third-order valence-electron chi connectivity index (χ3n) is 4.70. The molecule has 0 saturated carbocycles. The number of carbonyl (C=O) groups is 2. The van der Waals surface area contributed by atoms with Crippen LogP contribution in [0.1, 0.15) is 36.7 Å². The molecule has 28 heavy (non-hydrogen) atoms. The number of rotatable bonds is 9. The molecule has 0 aliphatic heterocycles. The maximum atomic E-state index is 12.6. The molecule has 2 aromatic rings. The highest BCUT2D eigenvalue weighted by atomic mass is 16.5. The fourth-order valence-electron chi connectivity index (χ4n) is 2.83. The van der Waals surface area contributed by atoms with Gasteiger partial charge in [0, 0.05) is 16.8 Å². The first-order valence-corrected chi connectivity index (χ1v) is 9.39. The van der Waals surface area contributed by atoms with Gasteiger partial charge in [0.1, 0.15) is 6.54 Å². The molecule has 6 nitrogen and oxygen atoms in total. The zero-order valence-corrected chi connectivity index (χ0v) is 17.2. The van der Waals surface area contributed by atoms with E-state index >= 15 is 0 Å². The minimum Gasteiger partial charge on any atom is -0.493 e. The Kier molecular flexibility index (Phi) is 7.58. The van der Waals surface area contributed by atoms with Crippen LogP contribution in [0, 0.1) is 0 Å². The van der Waals surface area contributed by atoms with E-state index in [4.69, 9.17) is 9.47 Å². The highest BCUT2D eigenvalue weighted by Gasteiger charge is 2.22. The predicted molar refractivity (Wildman–Crippen MR) is 109 cm³/mol. The van der Waals surface area contributed by atoms with E-state index in [0.29, 0.717) is 35.9 Å². The van der Waals surface area contributed by atoms with Gasteiger partial charge in [-0.25, -0.2) is 0 Å². The van der Waals surface area contributed by atoms with Gasteiger partial charge in [-0.15, -0.1) is 0 Å². The minimum absolute atomic E-state index is 0.00112. The molecule has 0 heterocycles. The molecule has 150 valence electrons. The molecule has 0 aromatic heterocycles. The predicted octanol–water partition coefficient (Wildman–Crippen LogP) is 2.34. The summed E-state index contributed by atoms with van der Waals surface area (Å²) in [5.74, 6) is 1.33. The SMILES string of the molecule is CCOc1ccc(C[NH+](C)[C@@H](C)C(=O)Nc2ccc(C(C)=O)cc2)cc1OC. The highest BCUT2D eigenvalue weighted by Crippen LogP contribution is 2.27. The first-order chi connectivity index (χ1) is 13.3. The average molecular weight is 385 g/mol. The van der Waals surface area contributed by atoms with Crippen LogP contribution < -0.4 is 19.7 Å². The lowest BCUT2D eigenvalue weighted by Crippen LogP contribution is -3.12. The summed E-state index contributed by atoms with van der Waals surface area (Å²) in [7, 11) is 3.59. The Balaban J connectivity index is 2.00. The number of quaternary nitrogens is 1. The summed E-state index contributed by atoms with van der Waals surface area (Å²) in [5.41, 5.74) is 2.36. The second-order valence-corrected chi connectivity index (χ2v) is 6.79. The third kappa shape index (κ3) is 5.57. The van der Waals surface area contributed by atoms with Crippen molar-refractivity contribution in [2.75, 3.05) is 26.1 Å². The molecule has 0 bridgehead atoms. The van der Waals surface area contributed by atoms with E-state index in [2.05, 4.69) is 5.32 Å². The summed E-state index contributed by atoms with van der Waals surface area (Å²) < 4.78 is 10.9. The largest absolute Gasteiger partial charge is 0.493 e. The van der Waals surface area contributed by atoms with E-state index in [1.165, 1.54) is 6.92 Å². The molecule has 2 aromatic carbocycles. The summed E-state index contributed by atoms with van der Waals surface area (Å²) in [6.45, 7) is 6.58. The van der Waals surface area contributed by atoms with Crippen LogP contribution in [0.15, 0.2) is 42.5 Å². The number of methoxy groups -OCH3 is 1. The first kappa shape index (κ1) is 21.4. The molecular formula is C22H29N2O4+. The Bertz CT molecular complexity index is 818.